The number of fused-ring (bicyclic) bond motifs is 5. The minimum Gasteiger partial charge on any atom is -0.462 e. The van der Waals surface area contributed by atoms with Gasteiger partial charge in [-0.05, 0) is 79.6 Å². The number of esters is 2. The molecular weight excluding hydrogens is 364 g/mol. The second-order valence-electron chi connectivity index (χ2n) is 10.3. The molecule has 0 saturated heterocycles. The molecule has 0 aliphatic heterocycles. The van der Waals surface area contributed by atoms with Crippen LogP contribution in [-0.2, 0) is 19.1 Å². The van der Waals surface area contributed by atoms with Gasteiger partial charge in [-0.2, -0.15) is 0 Å². The molecule has 4 aliphatic carbocycles. The molecule has 0 amide bonds. The van der Waals surface area contributed by atoms with E-state index in [2.05, 4.69) is 26.0 Å². The highest BCUT2D eigenvalue weighted by Crippen LogP contribution is 2.65. The van der Waals surface area contributed by atoms with Crippen LogP contribution in [0, 0.1) is 28.6 Å². The predicted molar refractivity (Wildman–Crippen MR) is 112 cm³/mol. The Hall–Kier alpha value is -1.58. The van der Waals surface area contributed by atoms with Crippen molar-refractivity contribution in [1.29, 1.82) is 0 Å². The molecule has 0 aromatic rings. The van der Waals surface area contributed by atoms with Crippen LogP contribution in [0.4, 0.5) is 0 Å². The summed E-state index contributed by atoms with van der Waals surface area (Å²) in [5.74, 6) is 1.67. The van der Waals surface area contributed by atoms with E-state index >= 15 is 0 Å². The molecule has 4 nitrogen and oxygen atoms in total. The molecule has 4 heteroatoms. The van der Waals surface area contributed by atoms with E-state index in [0.717, 1.165) is 32.1 Å². The second kappa shape index (κ2) is 7.28. The third-order valence-electron chi connectivity index (χ3n) is 8.81. The Bertz CT molecular complexity index is 765. The van der Waals surface area contributed by atoms with Crippen molar-refractivity contribution in [2.45, 2.75) is 91.8 Å². The molecule has 160 valence electrons. The SMILES string of the molecule is CC(=O)O[C@H]1CC[C@@]2(C)C(=CC[C@@H]3[C@@H]2CC[C@]2(C)C([C@@H](C)OC(C)=O)=CC[C@@H]32)C1. The lowest BCUT2D eigenvalue weighted by Gasteiger charge is -2.58. The summed E-state index contributed by atoms with van der Waals surface area (Å²) in [5, 5.41) is 0. The number of allylic oxidation sites excluding steroid dienone is 2. The van der Waals surface area contributed by atoms with Crippen LogP contribution in [0.2, 0.25) is 0 Å². The van der Waals surface area contributed by atoms with Crippen molar-refractivity contribution in [2.24, 2.45) is 28.6 Å². The Balaban J connectivity index is 1.55. The first kappa shape index (κ1) is 20.7. The first-order valence-electron chi connectivity index (χ1n) is 11.4. The summed E-state index contributed by atoms with van der Waals surface area (Å²) >= 11 is 0. The summed E-state index contributed by atoms with van der Waals surface area (Å²) in [4.78, 5) is 22.9. The molecular formula is C25H36O4. The minimum atomic E-state index is -0.193. The maximum absolute atomic E-state index is 11.5. The number of carbonyl (C=O) groups excluding carboxylic acids is 2. The lowest BCUT2D eigenvalue weighted by Crippen LogP contribution is -2.50. The Morgan fingerprint density at radius 3 is 2.41 bits per heavy atom. The van der Waals surface area contributed by atoms with Crippen LogP contribution in [0.5, 0.6) is 0 Å². The van der Waals surface area contributed by atoms with Gasteiger partial charge in [-0.1, -0.05) is 31.6 Å². The van der Waals surface area contributed by atoms with Crippen molar-refractivity contribution in [3.63, 3.8) is 0 Å². The van der Waals surface area contributed by atoms with E-state index in [-0.39, 0.29) is 35.0 Å². The van der Waals surface area contributed by atoms with Gasteiger partial charge >= 0.3 is 11.9 Å². The quantitative estimate of drug-likeness (QED) is 0.472. The monoisotopic (exact) mass is 400 g/mol. The lowest BCUT2D eigenvalue weighted by atomic mass is 9.47. The standard InChI is InChI=1S/C25H36O4/c1-15(28-16(2)26)21-8-9-22-20-7-6-18-14-19(29-17(3)27)10-12-24(18,4)23(20)11-13-25(21,22)5/h6,8,15,19-20,22-23H,7,9-14H2,1-5H3/t15-,19+,20+,22+,23+,24+,25-/m1/s1. The van der Waals surface area contributed by atoms with Crippen LogP contribution < -0.4 is 0 Å². The van der Waals surface area contributed by atoms with Gasteiger partial charge in [-0.15, -0.1) is 0 Å². The van der Waals surface area contributed by atoms with E-state index in [1.165, 1.54) is 37.8 Å². The van der Waals surface area contributed by atoms with E-state index in [1.807, 2.05) is 6.92 Å². The molecule has 29 heavy (non-hydrogen) atoms. The van der Waals surface area contributed by atoms with Gasteiger partial charge in [0, 0.05) is 20.3 Å². The molecule has 0 radical (unpaired) electrons. The highest BCUT2D eigenvalue weighted by Gasteiger charge is 2.57. The zero-order chi connectivity index (χ0) is 21.0. The van der Waals surface area contributed by atoms with Gasteiger partial charge in [0.1, 0.15) is 12.2 Å². The van der Waals surface area contributed by atoms with Crippen molar-refractivity contribution in [2.75, 3.05) is 0 Å². The maximum atomic E-state index is 11.5. The van der Waals surface area contributed by atoms with Gasteiger partial charge < -0.3 is 9.47 Å². The first-order chi connectivity index (χ1) is 13.6. The molecule has 0 aromatic heterocycles. The molecule has 0 heterocycles. The summed E-state index contributed by atoms with van der Waals surface area (Å²) in [6.07, 6.45) is 12.4. The van der Waals surface area contributed by atoms with E-state index in [9.17, 15) is 9.59 Å². The first-order valence-corrected chi connectivity index (χ1v) is 11.4. The summed E-state index contributed by atoms with van der Waals surface area (Å²) in [6, 6.07) is 0. The van der Waals surface area contributed by atoms with Crippen molar-refractivity contribution >= 4 is 11.9 Å². The third-order valence-corrected chi connectivity index (χ3v) is 8.81. The molecule has 7 atom stereocenters. The van der Waals surface area contributed by atoms with E-state index in [0.29, 0.717) is 17.8 Å². The largest absolute Gasteiger partial charge is 0.462 e. The Labute approximate surface area is 175 Å². The van der Waals surface area contributed by atoms with Crippen molar-refractivity contribution in [3.8, 4) is 0 Å². The fraction of sp³-hybridized carbons (Fsp3) is 0.760. The molecule has 0 bridgehead atoms. The second-order valence-corrected chi connectivity index (χ2v) is 10.3. The average molecular weight is 401 g/mol. The van der Waals surface area contributed by atoms with Crippen LogP contribution in [0.15, 0.2) is 23.3 Å². The van der Waals surface area contributed by atoms with Gasteiger partial charge in [0.05, 0.1) is 0 Å². The number of ether oxygens (including phenoxy) is 2. The van der Waals surface area contributed by atoms with Crippen molar-refractivity contribution in [3.05, 3.63) is 23.3 Å². The number of hydrogen-bond acceptors (Lipinski definition) is 4. The topological polar surface area (TPSA) is 52.6 Å². The molecule has 2 saturated carbocycles. The van der Waals surface area contributed by atoms with Crippen LogP contribution in [0.3, 0.4) is 0 Å². The summed E-state index contributed by atoms with van der Waals surface area (Å²) in [7, 11) is 0. The smallest absolute Gasteiger partial charge is 0.303 e. The summed E-state index contributed by atoms with van der Waals surface area (Å²) in [6.45, 7) is 9.92. The van der Waals surface area contributed by atoms with Crippen molar-refractivity contribution in [1.82, 2.24) is 0 Å². The third kappa shape index (κ3) is 3.37. The van der Waals surface area contributed by atoms with Crippen LogP contribution >= 0.6 is 0 Å². The van der Waals surface area contributed by atoms with Gasteiger partial charge in [-0.25, -0.2) is 0 Å². The van der Waals surface area contributed by atoms with Crippen LogP contribution in [0.25, 0.3) is 0 Å². The molecule has 0 unspecified atom stereocenters. The Morgan fingerprint density at radius 2 is 1.72 bits per heavy atom. The van der Waals surface area contributed by atoms with E-state index < -0.39 is 0 Å². The highest BCUT2D eigenvalue weighted by molar-refractivity contribution is 5.66. The van der Waals surface area contributed by atoms with E-state index in [4.69, 9.17) is 9.47 Å². The van der Waals surface area contributed by atoms with Gasteiger partial charge in [0.2, 0.25) is 0 Å². The molecule has 0 aromatic carbocycles. The molecule has 4 rings (SSSR count). The molecule has 0 spiro atoms. The van der Waals surface area contributed by atoms with E-state index in [1.54, 1.807) is 0 Å². The number of carbonyl (C=O) groups is 2. The fourth-order valence-electron chi connectivity index (χ4n) is 7.51. The lowest BCUT2D eigenvalue weighted by molar-refractivity contribution is -0.149. The predicted octanol–water partition coefficient (Wildman–Crippen LogP) is 5.37. The number of hydrogen-bond donors (Lipinski definition) is 0. The zero-order valence-electron chi connectivity index (χ0n) is 18.6. The Morgan fingerprint density at radius 1 is 1.00 bits per heavy atom. The zero-order valence-corrected chi connectivity index (χ0v) is 18.6. The maximum Gasteiger partial charge on any atom is 0.303 e. The summed E-state index contributed by atoms with van der Waals surface area (Å²) in [5.41, 5.74) is 3.26. The van der Waals surface area contributed by atoms with Crippen LogP contribution in [0.1, 0.15) is 79.6 Å². The Kier molecular flexibility index (Phi) is 5.19. The minimum absolute atomic E-state index is 0.0570. The normalized spacial score (nSPS) is 41.8. The van der Waals surface area contributed by atoms with Gasteiger partial charge in [0.25, 0.3) is 0 Å². The highest BCUT2D eigenvalue weighted by atomic mass is 16.5. The molecule has 2 fully saturated rings. The molecule has 0 N–H and O–H groups in total. The number of rotatable bonds is 3. The fourth-order valence-corrected chi connectivity index (χ4v) is 7.51. The average Bonchev–Trinajstić information content (AvgIpc) is 2.98. The van der Waals surface area contributed by atoms with Gasteiger partial charge in [-0.3, -0.25) is 9.59 Å². The van der Waals surface area contributed by atoms with Crippen LogP contribution in [-0.4, -0.2) is 24.1 Å². The summed E-state index contributed by atoms with van der Waals surface area (Å²) < 4.78 is 11.1. The van der Waals surface area contributed by atoms with Crippen molar-refractivity contribution < 1.29 is 19.1 Å². The van der Waals surface area contributed by atoms with Gasteiger partial charge in [0.15, 0.2) is 0 Å². The molecule has 4 aliphatic rings.